The van der Waals surface area contributed by atoms with E-state index in [0.717, 1.165) is 12.8 Å². The first-order chi connectivity index (χ1) is 8.56. The van der Waals surface area contributed by atoms with Crippen molar-refractivity contribution in [2.45, 2.75) is 26.2 Å². The summed E-state index contributed by atoms with van der Waals surface area (Å²) in [5.74, 6) is 1.56. The van der Waals surface area contributed by atoms with Crippen LogP contribution >= 0.6 is 0 Å². The number of halogens is 1. The molecule has 1 amide bonds. The molecule has 1 aromatic carbocycles. The zero-order valence-electron chi connectivity index (χ0n) is 10.4. The van der Waals surface area contributed by atoms with E-state index >= 15 is 0 Å². The zero-order valence-corrected chi connectivity index (χ0v) is 10.4. The summed E-state index contributed by atoms with van der Waals surface area (Å²) in [5.41, 5.74) is 6.33. The summed E-state index contributed by atoms with van der Waals surface area (Å²) < 4.78 is 13.7. The Morgan fingerprint density at radius 1 is 1.50 bits per heavy atom. The lowest BCUT2D eigenvalue weighted by molar-refractivity contribution is 0.0949. The highest BCUT2D eigenvalue weighted by molar-refractivity contribution is 5.95. The van der Waals surface area contributed by atoms with Crippen LogP contribution in [0.2, 0.25) is 0 Å². The maximum atomic E-state index is 13.7. The first-order valence-corrected chi connectivity index (χ1v) is 5.83. The maximum Gasteiger partial charge on any atom is 0.254 e. The van der Waals surface area contributed by atoms with Crippen LogP contribution in [0.5, 0.6) is 0 Å². The van der Waals surface area contributed by atoms with Gasteiger partial charge in [-0.25, -0.2) is 4.39 Å². The van der Waals surface area contributed by atoms with E-state index in [-0.39, 0.29) is 5.56 Å². The van der Waals surface area contributed by atoms with Crippen LogP contribution in [0.15, 0.2) is 12.1 Å². The first kappa shape index (κ1) is 14.0. The van der Waals surface area contributed by atoms with Crippen molar-refractivity contribution in [2.24, 2.45) is 0 Å². The summed E-state index contributed by atoms with van der Waals surface area (Å²) in [7, 11) is 0. The molecule has 0 saturated heterocycles. The van der Waals surface area contributed by atoms with E-state index in [1.54, 1.807) is 6.92 Å². The topological polar surface area (TPSA) is 55.1 Å². The molecule has 1 rings (SSSR count). The van der Waals surface area contributed by atoms with E-state index in [0.29, 0.717) is 24.2 Å². The lowest BCUT2D eigenvalue weighted by Gasteiger charge is -2.08. The van der Waals surface area contributed by atoms with Crippen LogP contribution < -0.4 is 11.1 Å². The van der Waals surface area contributed by atoms with Crippen molar-refractivity contribution < 1.29 is 9.18 Å². The minimum atomic E-state index is -0.523. The van der Waals surface area contributed by atoms with E-state index in [9.17, 15) is 9.18 Å². The molecule has 0 aliphatic carbocycles. The molecule has 0 fully saturated rings. The number of hydrogen-bond donors (Lipinski definition) is 2. The van der Waals surface area contributed by atoms with E-state index in [1.165, 1.54) is 12.1 Å². The number of nitrogens with two attached hydrogens (primary N) is 1. The molecule has 0 unspecified atom stereocenters. The lowest BCUT2D eigenvalue weighted by atomic mass is 10.1. The highest BCUT2D eigenvalue weighted by Crippen LogP contribution is 2.16. The van der Waals surface area contributed by atoms with Crippen molar-refractivity contribution in [3.63, 3.8) is 0 Å². The maximum absolute atomic E-state index is 13.7. The Balaban J connectivity index is 2.60. The number of aryl methyl sites for hydroxylation is 1. The minimum Gasteiger partial charge on any atom is -0.399 e. The van der Waals surface area contributed by atoms with Crippen LogP contribution in [0, 0.1) is 25.1 Å². The number of rotatable bonds is 5. The fraction of sp³-hybridized carbons (Fsp3) is 0.357. The molecule has 0 aromatic heterocycles. The van der Waals surface area contributed by atoms with Gasteiger partial charge in [0.1, 0.15) is 5.82 Å². The molecular formula is C14H17FN2O. The van der Waals surface area contributed by atoms with Crippen LogP contribution in [0.1, 0.15) is 35.2 Å². The van der Waals surface area contributed by atoms with Crippen LogP contribution in [0.25, 0.3) is 0 Å². The van der Waals surface area contributed by atoms with Gasteiger partial charge in [0.15, 0.2) is 0 Å². The molecule has 18 heavy (non-hydrogen) atoms. The van der Waals surface area contributed by atoms with Gasteiger partial charge in [-0.3, -0.25) is 4.79 Å². The summed E-state index contributed by atoms with van der Waals surface area (Å²) in [6.07, 6.45) is 7.42. The van der Waals surface area contributed by atoms with Crippen molar-refractivity contribution in [1.82, 2.24) is 5.32 Å². The Morgan fingerprint density at radius 2 is 2.22 bits per heavy atom. The number of terminal acetylenes is 1. The Morgan fingerprint density at radius 3 is 2.89 bits per heavy atom. The van der Waals surface area contributed by atoms with Crippen LogP contribution in [-0.2, 0) is 0 Å². The standard InChI is InChI=1S/C14H17FN2O/c1-3-4-5-6-7-17-14(18)12-9-11(16)8-10(2)13(12)15/h1,8-9H,4-7,16H2,2H3,(H,17,18). The molecule has 4 heteroatoms. The third-order valence-electron chi connectivity index (χ3n) is 2.55. The Labute approximate surface area is 107 Å². The number of anilines is 1. The van der Waals surface area contributed by atoms with Gasteiger partial charge in [-0.2, -0.15) is 0 Å². The van der Waals surface area contributed by atoms with Gasteiger partial charge in [-0.15, -0.1) is 12.3 Å². The fourth-order valence-corrected chi connectivity index (χ4v) is 1.61. The summed E-state index contributed by atoms with van der Waals surface area (Å²) >= 11 is 0. The monoisotopic (exact) mass is 248 g/mol. The number of nitrogen functional groups attached to an aromatic ring is 1. The highest BCUT2D eigenvalue weighted by Gasteiger charge is 2.13. The molecule has 0 saturated carbocycles. The number of amides is 1. The van der Waals surface area contributed by atoms with Gasteiger partial charge in [-0.05, 0) is 37.5 Å². The van der Waals surface area contributed by atoms with E-state index in [2.05, 4.69) is 11.2 Å². The summed E-state index contributed by atoms with van der Waals surface area (Å²) in [6, 6.07) is 2.85. The van der Waals surface area contributed by atoms with Gasteiger partial charge in [0.05, 0.1) is 5.56 Å². The first-order valence-electron chi connectivity index (χ1n) is 5.83. The number of carbonyl (C=O) groups excluding carboxylic acids is 1. The van der Waals surface area contributed by atoms with Crippen molar-refractivity contribution in [3.05, 3.63) is 29.1 Å². The van der Waals surface area contributed by atoms with Crippen LogP contribution in [0.4, 0.5) is 10.1 Å². The second-order valence-electron chi connectivity index (χ2n) is 4.12. The second-order valence-corrected chi connectivity index (χ2v) is 4.12. The summed E-state index contributed by atoms with van der Waals surface area (Å²) in [6.45, 7) is 2.06. The Bertz CT molecular complexity index is 477. The second kappa shape index (κ2) is 6.65. The number of unbranched alkanes of at least 4 members (excludes halogenated alkanes) is 2. The highest BCUT2D eigenvalue weighted by atomic mass is 19.1. The molecule has 3 nitrogen and oxygen atoms in total. The van der Waals surface area contributed by atoms with E-state index < -0.39 is 11.7 Å². The number of hydrogen-bond acceptors (Lipinski definition) is 2. The van der Waals surface area contributed by atoms with Gasteiger partial charge >= 0.3 is 0 Å². The molecule has 0 spiro atoms. The average Bonchev–Trinajstić information content (AvgIpc) is 2.33. The number of benzene rings is 1. The molecule has 0 bridgehead atoms. The van der Waals surface area contributed by atoms with Gasteiger partial charge < -0.3 is 11.1 Å². The van der Waals surface area contributed by atoms with Gasteiger partial charge in [0.2, 0.25) is 0 Å². The number of carbonyl (C=O) groups is 1. The minimum absolute atomic E-state index is 0.00977. The normalized spacial score (nSPS) is 9.83. The Kier molecular flexibility index (Phi) is 5.19. The Hall–Kier alpha value is -2.02. The molecule has 0 aliphatic rings. The summed E-state index contributed by atoms with van der Waals surface area (Å²) in [5, 5.41) is 2.65. The summed E-state index contributed by atoms with van der Waals surface area (Å²) in [4.78, 5) is 11.8. The third-order valence-corrected chi connectivity index (χ3v) is 2.55. The van der Waals surface area contributed by atoms with Crippen molar-refractivity contribution in [1.29, 1.82) is 0 Å². The van der Waals surface area contributed by atoms with Crippen molar-refractivity contribution >= 4 is 11.6 Å². The predicted octanol–water partition coefficient (Wildman–Crippen LogP) is 2.25. The molecule has 1 aromatic rings. The smallest absolute Gasteiger partial charge is 0.254 e. The molecule has 0 atom stereocenters. The molecule has 0 heterocycles. The SMILES string of the molecule is C#CCCCCNC(=O)c1cc(N)cc(C)c1F. The molecule has 0 aliphatic heterocycles. The van der Waals surface area contributed by atoms with Gasteiger partial charge in [-0.1, -0.05) is 0 Å². The molecular weight excluding hydrogens is 231 g/mol. The molecule has 96 valence electrons. The third kappa shape index (κ3) is 3.77. The van der Waals surface area contributed by atoms with Gasteiger partial charge in [0.25, 0.3) is 5.91 Å². The number of nitrogens with one attached hydrogen (secondary N) is 1. The lowest BCUT2D eigenvalue weighted by Crippen LogP contribution is -2.25. The van der Waals surface area contributed by atoms with Gasteiger partial charge in [0, 0.05) is 18.7 Å². The van der Waals surface area contributed by atoms with Crippen LogP contribution in [-0.4, -0.2) is 12.5 Å². The van der Waals surface area contributed by atoms with Crippen LogP contribution in [0.3, 0.4) is 0 Å². The average molecular weight is 248 g/mol. The largest absolute Gasteiger partial charge is 0.399 e. The molecule has 3 N–H and O–H groups in total. The van der Waals surface area contributed by atoms with Crippen molar-refractivity contribution in [3.8, 4) is 12.3 Å². The predicted molar refractivity (Wildman–Crippen MR) is 70.6 cm³/mol. The fourth-order valence-electron chi connectivity index (χ4n) is 1.61. The zero-order chi connectivity index (χ0) is 13.5. The molecule has 0 radical (unpaired) electrons. The van der Waals surface area contributed by atoms with E-state index in [1.807, 2.05) is 0 Å². The van der Waals surface area contributed by atoms with E-state index in [4.69, 9.17) is 12.2 Å². The quantitative estimate of drug-likeness (QED) is 0.477. The van der Waals surface area contributed by atoms with Crippen molar-refractivity contribution in [2.75, 3.05) is 12.3 Å².